The van der Waals surface area contributed by atoms with Crippen molar-refractivity contribution < 1.29 is 4.74 Å². The Hall–Kier alpha value is -0.340. The quantitative estimate of drug-likeness (QED) is 0.299. The third kappa shape index (κ3) is 9.55. The standard InChI is InChI=1S/C14H25N3OS.HI/c1-12(2)11-18-8-5-7-16-14(15-3)17-10-13-6-4-9-19-13;/h4,6,9,12H,5,7-8,10-11H2,1-3H3,(H2,15,16,17);1H. The number of nitrogens with zero attached hydrogens (tertiary/aromatic N) is 1. The summed E-state index contributed by atoms with van der Waals surface area (Å²) in [6.45, 7) is 7.66. The van der Waals surface area contributed by atoms with Crippen LogP contribution < -0.4 is 10.6 Å². The molecule has 0 aliphatic rings. The molecule has 116 valence electrons. The van der Waals surface area contributed by atoms with E-state index in [-0.39, 0.29) is 24.0 Å². The number of rotatable bonds is 8. The molecular weight excluding hydrogens is 385 g/mol. The van der Waals surface area contributed by atoms with Gasteiger partial charge in [-0.15, -0.1) is 35.3 Å². The number of hydrogen-bond acceptors (Lipinski definition) is 3. The van der Waals surface area contributed by atoms with Crippen molar-refractivity contribution in [3.63, 3.8) is 0 Å². The van der Waals surface area contributed by atoms with E-state index in [9.17, 15) is 0 Å². The van der Waals surface area contributed by atoms with Crippen LogP contribution in [0.25, 0.3) is 0 Å². The van der Waals surface area contributed by atoms with Crippen molar-refractivity contribution in [3.8, 4) is 0 Å². The van der Waals surface area contributed by atoms with Crippen LogP contribution in [0.15, 0.2) is 22.5 Å². The molecule has 0 bridgehead atoms. The Labute approximate surface area is 143 Å². The van der Waals surface area contributed by atoms with Gasteiger partial charge >= 0.3 is 0 Å². The second-order valence-corrected chi connectivity index (χ2v) is 5.79. The average Bonchev–Trinajstić information content (AvgIpc) is 2.90. The van der Waals surface area contributed by atoms with Crippen molar-refractivity contribution in [2.75, 3.05) is 26.8 Å². The van der Waals surface area contributed by atoms with E-state index in [0.29, 0.717) is 5.92 Å². The van der Waals surface area contributed by atoms with Crippen LogP contribution in [0.2, 0.25) is 0 Å². The molecule has 0 unspecified atom stereocenters. The summed E-state index contributed by atoms with van der Waals surface area (Å²) in [7, 11) is 1.79. The third-order valence-corrected chi connectivity index (χ3v) is 3.32. The predicted molar refractivity (Wildman–Crippen MR) is 98.2 cm³/mol. The van der Waals surface area contributed by atoms with E-state index in [0.717, 1.165) is 38.7 Å². The van der Waals surface area contributed by atoms with Crippen LogP contribution in [0, 0.1) is 5.92 Å². The summed E-state index contributed by atoms with van der Waals surface area (Å²) in [5.41, 5.74) is 0. The van der Waals surface area contributed by atoms with Gasteiger partial charge < -0.3 is 15.4 Å². The number of halogens is 1. The predicted octanol–water partition coefficient (Wildman–Crippen LogP) is 3.09. The van der Waals surface area contributed by atoms with Crippen molar-refractivity contribution in [2.45, 2.75) is 26.8 Å². The molecule has 0 aromatic carbocycles. The van der Waals surface area contributed by atoms with Gasteiger partial charge in [0.15, 0.2) is 5.96 Å². The van der Waals surface area contributed by atoms with Gasteiger partial charge in [0.2, 0.25) is 0 Å². The van der Waals surface area contributed by atoms with Gasteiger partial charge in [0.05, 0.1) is 6.54 Å². The van der Waals surface area contributed by atoms with Crippen molar-refractivity contribution in [1.82, 2.24) is 10.6 Å². The number of thiophene rings is 1. The first-order valence-electron chi connectivity index (χ1n) is 6.77. The largest absolute Gasteiger partial charge is 0.381 e. The first-order chi connectivity index (χ1) is 9.22. The molecule has 4 nitrogen and oxygen atoms in total. The Balaban J connectivity index is 0.00000361. The molecule has 0 atom stereocenters. The minimum Gasteiger partial charge on any atom is -0.381 e. The Kier molecular flexibility index (Phi) is 12.2. The Morgan fingerprint density at radius 2 is 2.20 bits per heavy atom. The first-order valence-corrected chi connectivity index (χ1v) is 7.65. The van der Waals surface area contributed by atoms with E-state index < -0.39 is 0 Å². The molecule has 0 radical (unpaired) electrons. The van der Waals surface area contributed by atoms with Crippen LogP contribution in [0.5, 0.6) is 0 Å². The highest BCUT2D eigenvalue weighted by molar-refractivity contribution is 14.0. The van der Waals surface area contributed by atoms with Gasteiger partial charge in [-0.25, -0.2) is 0 Å². The molecule has 0 fully saturated rings. The van der Waals surface area contributed by atoms with Crippen LogP contribution in [0.3, 0.4) is 0 Å². The number of ether oxygens (including phenoxy) is 1. The summed E-state index contributed by atoms with van der Waals surface area (Å²) in [6.07, 6.45) is 0.992. The maximum Gasteiger partial charge on any atom is 0.191 e. The number of nitrogens with one attached hydrogen (secondary N) is 2. The van der Waals surface area contributed by atoms with Crippen molar-refractivity contribution >= 4 is 41.3 Å². The zero-order valence-electron chi connectivity index (χ0n) is 12.5. The van der Waals surface area contributed by atoms with E-state index in [1.165, 1.54) is 4.88 Å². The van der Waals surface area contributed by atoms with Gasteiger partial charge in [0.1, 0.15) is 0 Å². The average molecular weight is 411 g/mol. The van der Waals surface area contributed by atoms with Gasteiger partial charge in [-0.2, -0.15) is 0 Å². The Morgan fingerprint density at radius 3 is 2.80 bits per heavy atom. The molecule has 0 saturated heterocycles. The summed E-state index contributed by atoms with van der Waals surface area (Å²) < 4.78 is 5.53. The lowest BCUT2D eigenvalue weighted by Gasteiger charge is -2.11. The van der Waals surface area contributed by atoms with Crippen molar-refractivity contribution in [2.24, 2.45) is 10.9 Å². The normalized spacial score (nSPS) is 11.3. The molecule has 1 aromatic rings. The minimum absolute atomic E-state index is 0. The number of hydrogen-bond donors (Lipinski definition) is 2. The lowest BCUT2D eigenvalue weighted by atomic mass is 10.2. The van der Waals surface area contributed by atoms with E-state index in [2.05, 4.69) is 47.0 Å². The lowest BCUT2D eigenvalue weighted by molar-refractivity contribution is 0.108. The molecule has 0 aliphatic carbocycles. The Bertz CT molecular complexity index is 355. The molecule has 2 N–H and O–H groups in total. The lowest BCUT2D eigenvalue weighted by Crippen LogP contribution is -2.37. The number of guanidine groups is 1. The highest BCUT2D eigenvalue weighted by atomic mass is 127. The summed E-state index contributed by atoms with van der Waals surface area (Å²) >= 11 is 1.75. The van der Waals surface area contributed by atoms with Gasteiger partial charge in [-0.05, 0) is 23.8 Å². The fraction of sp³-hybridized carbons (Fsp3) is 0.643. The second-order valence-electron chi connectivity index (χ2n) is 4.75. The second kappa shape index (κ2) is 12.4. The summed E-state index contributed by atoms with van der Waals surface area (Å²) in [6, 6.07) is 4.18. The summed E-state index contributed by atoms with van der Waals surface area (Å²) in [4.78, 5) is 5.50. The maximum atomic E-state index is 5.53. The van der Waals surface area contributed by atoms with Crippen LogP contribution in [0.1, 0.15) is 25.1 Å². The smallest absolute Gasteiger partial charge is 0.191 e. The first kappa shape index (κ1) is 19.7. The minimum atomic E-state index is 0. The SMILES string of the molecule is CN=C(NCCCOCC(C)C)NCc1cccs1.I. The van der Waals surface area contributed by atoms with Crippen LogP contribution >= 0.6 is 35.3 Å². The molecule has 1 heterocycles. The zero-order valence-corrected chi connectivity index (χ0v) is 15.7. The van der Waals surface area contributed by atoms with Gasteiger partial charge in [-0.3, -0.25) is 4.99 Å². The van der Waals surface area contributed by atoms with Gasteiger partial charge in [-0.1, -0.05) is 19.9 Å². The fourth-order valence-electron chi connectivity index (χ4n) is 1.50. The fourth-order valence-corrected chi connectivity index (χ4v) is 2.15. The van der Waals surface area contributed by atoms with E-state index in [1.54, 1.807) is 18.4 Å². The molecule has 0 aliphatic heterocycles. The van der Waals surface area contributed by atoms with Gasteiger partial charge in [0, 0.05) is 31.7 Å². The van der Waals surface area contributed by atoms with E-state index >= 15 is 0 Å². The highest BCUT2D eigenvalue weighted by Gasteiger charge is 1.99. The maximum absolute atomic E-state index is 5.53. The van der Waals surface area contributed by atoms with Gasteiger partial charge in [0.25, 0.3) is 0 Å². The molecular formula is C14H26IN3OS. The van der Waals surface area contributed by atoms with Crippen molar-refractivity contribution in [1.29, 1.82) is 0 Å². The van der Waals surface area contributed by atoms with Crippen LogP contribution in [-0.2, 0) is 11.3 Å². The summed E-state index contributed by atoms with van der Waals surface area (Å²) in [5, 5.41) is 8.66. The molecule has 1 rings (SSSR count). The molecule has 0 spiro atoms. The molecule has 6 heteroatoms. The molecule has 0 amide bonds. The molecule has 20 heavy (non-hydrogen) atoms. The Morgan fingerprint density at radius 1 is 1.40 bits per heavy atom. The molecule has 1 aromatic heterocycles. The zero-order chi connectivity index (χ0) is 13.9. The monoisotopic (exact) mass is 411 g/mol. The third-order valence-electron chi connectivity index (χ3n) is 2.44. The van der Waals surface area contributed by atoms with Crippen molar-refractivity contribution in [3.05, 3.63) is 22.4 Å². The molecule has 0 saturated carbocycles. The number of aliphatic imine (C=N–C) groups is 1. The summed E-state index contributed by atoms with van der Waals surface area (Å²) in [5.74, 6) is 1.45. The van der Waals surface area contributed by atoms with E-state index in [1.807, 2.05) is 0 Å². The highest BCUT2D eigenvalue weighted by Crippen LogP contribution is 2.06. The van der Waals surface area contributed by atoms with Crippen LogP contribution in [0.4, 0.5) is 0 Å². The topological polar surface area (TPSA) is 45.7 Å². The van der Waals surface area contributed by atoms with E-state index in [4.69, 9.17) is 4.74 Å². The van der Waals surface area contributed by atoms with Crippen LogP contribution in [-0.4, -0.2) is 32.8 Å².